The quantitative estimate of drug-likeness (QED) is 0.467. The SMILES string of the molecule is CC(C)SNCc1cn(C(=O)OC(C)(C)O)c2cc(-c3ccncc3)ccc12. The maximum Gasteiger partial charge on any atom is 0.420 e. The van der Waals surface area contributed by atoms with Gasteiger partial charge in [-0.3, -0.25) is 14.3 Å². The van der Waals surface area contributed by atoms with Crippen molar-refractivity contribution in [1.29, 1.82) is 0 Å². The molecule has 0 saturated heterocycles. The van der Waals surface area contributed by atoms with Crippen LogP contribution >= 0.6 is 11.9 Å². The van der Waals surface area contributed by atoms with Crippen molar-refractivity contribution in [1.82, 2.24) is 14.3 Å². The lowest BCUT2D eigenvalue weighted by Crippen LogP contribution is -2.29. The van der Waals surface area contributed by atoms with E-state index in [4.69, 9.17) is 4.74 Å². The van der Waals surface area contributed by atoms with E-state index in [0.29, 0.717) is 11.8 Å². The van der Waals surface area contributed by atoms with Gasteiger partial charge in [0.05, 0.1) is 5.52 Å². The molecule has 2 N–H and O–H groups in total. The lowest BCUT2D eigenvalue weighted by Gasteiger charge is -2.18. The van der Waals surface area contributed by atoms with Crippen molar-refractivity contribution in [3.05, 3.63) is 54.5 Å². The molecule has 0 spiro atoms. The van der Waals surface area contributed by atoms with Crippen LogP contribution in [0.1, 0.15) is 33.3 Å². The van der Waals surface area contributed by atoms with Crippen molar-refractivity contribution in [3.8, 4) is 11.1 Å². The number of hydrogen-bond acceptors (Lipinski definition) is 6. The fourth-order valence-electron chi connectivity index (χ4n) is 2.86. The zero-order valence-electron chi connectivity index (χ0n) is 16.5. The number of aromatic nitrogens is 2. The highest BCUT2D eigenvalue weighted by atomic mass is 32.2. The second-order valence-electron chi connectivity index (χ2n) is 7.29. The molecule has 28 heavy (non-hydrogen) atoms. The smallest absolute Gasteiger partial charge is 0.417 e. The third kappa shape index (κ3) is 4.92. The molecule has 0 bridgehead atoms. The molecule has 3 aromatic rings. The van der Waals surface area contributed by atoms with Gasteiger partial charge in [-0.15, -0.1) is 0 Å². The molecule has 0 fully saturated rings. The number of carbonyl (C=O) groups is 1. The normalized spacial score (nSPS) is 11.9. The Hall–Kier alpha value is -2.35. The summed E-state index contributed by atoms with van der Waals surface area (Å²) in [6.07, 6.45) is 4.62. The molecule has 2 aromatic heterocycles. The van der Waals surface area contributed by atoms with Crippen LogP contribution in [0.2, 0.25) is 0 Å². The highest BCUT2D eigenvalue weighted by molar-refractivity contribution is 7.97. The number of nitrogens with one attached hydrogen (secondary N) is 1. The second kappa shape index (κ2) is 8.34. The molecule has 7 heteroatoms. The van der Waals surface area contributed by atoms with Crippen LogP contribution in [0.4, 0.5) is 4.79 Å². The fourth-order valence-corrected chi connectivity index (χ4v) is 3.43. The summed E-state index contributed by atoms with van der Waals surface area (Å²) in [5.74, 6) is -1.55. The Bertz CT molecular complexity index is 962. The van der Waals surface area contributed by atoms with E-state index in [0.717, 1.165) is 27.6 Å². The predicted octanol–water partition coefficient (Wildman–Crippen LogP) is 4.56. The summed E-state index contributed by atoms with van der Waals surface area (Å²) in [5.41, 5.74) is 3.70. The Labute approximate surface area is 169 Å². The van der Waals surface area contributed by atoms with E-state index in [2.05, 4.69) is 23.6 Å². The summed E-state index contributed by atoms with van der Waals surface area (Å²) >= 11 is 1.64. The monoisotopic (exact) mass is 399 g/mol. The summed E-state index contributed by atoms with van der Waals surface area (Å²) < 4.78 is 9.96. The average Bonchev–Trinajstić information content (AvgIpc) is 2.99. The van der Waals surface area contributed by atoms with E-state index >= 15 is 0 Å². The van der Waals surface area contributed by atoms with Gasteiger partial charge in [0.1, 0.15) is 0 Å². The minimum atomic E-state index is -1.55. The van der Waals surface area contributed by atoms with Crippen LogP contribution < -0.4 is 4.72 Å². The van der Waals surface area contributed by atoms with Crippen LogP contribution in [0.15, 0.2) is 48.9 Å². The molecule has 0 saturated carbocycles. The molecule has 3 rings (SSSR count). The van der Waals surface area contributed by atoms with Crippen LogP contribution in [0.25, 0.3) is 22.0 Å². The van der Waals surface area contributed by atoms with Crippen LogP contribution in [0.5, 0.6) is 0 Å². The van der Waals surface area contributed by atoms with Crippen molar-refractivity contribution in [3.63, 3.8) is 0 Å². The molecular weight excluding hydrogens is 374 g/mol. The summed E-state index contributed by atoms with van der Waals surface area (Å²) in [7, 11) is 0. The summed E-state index contributed by atoms with van der Waals surface area (Å²) in [6, 6.07) is 9.84. The van der Waals surface area contributed by atoms with Crippen molar-refractivity contribution < 1.29 is 14.6 Å². The first-order valence-electron chi connectivity index (χ1n) is 9.13. The lowest BCUT2D eigenvalue weighted by atomic mass is 10.0. The van der Waals surface area contributed by atoms with Crippen LogP contribution in [-0.2, 0) is 11.3 Å². The van der Waals surface area contributed by atoms with E-state index in [1.54, 1.807) is 30.5 Å². The Morgan fingerprint density at radius 2 is 1.96 bits per heavy atom. The zero-order valence-corrected chi connectivity index (χ0v) is 17.3. The van der Waals surface area contributed by atoms with Gasteiger partial charge in [-0.05, 0) is 34.9 Å². The van der Waals surface area contributed by atoms with Gasteiger partial charge in [-0.2, -0.15) is 0 Å². The third-order valence-corrected chi connectivity index (χ3v) is 4.80. The first kappa shape index (κ1) is 20.4. The van der Waals surface area contributed by atoms with Gasteiger partial charge in [0.15, 0.2) is 0 Å². The highest BCUT2D eigenvalue weighted by Gasteiger charge is 2.22. The predicted molar refractivity (Wildman–Crippen MR) is 113 cm³/mol. The van der Waals surface area contributed by atoms with Gasteiger partial charge in [-0.1, -0.05) is 37.9 Å². The van der Waals surface area contributed by atoms with Crippen LogP contribution in [0.3, 0.4) is 0 Å². The zero-order chi connectivity index (χ0) is 20.3. The van der Waals surface area contributed by atoms with Gasteiger partial charge < -0.3 is 9.84 Å². The molecule has 0 unspecified atom stereocenters. The highest BCUT2D eigenvalue weighted by Crippen LogP contribution is 2.28. The molecule has 0 radical (unpaired) electrons. The minimum Gasteiger partial charge on any atom is -0.417 e. The Morgan fingerprint density at radius 1 is 1.25 bits per heavy atom. The molecule has 0 aliphatic carbocycles. The molecule has 148 valence electrons. The Balaban J connectivity index is 2.03. The van der Waals surface area contributed by atoms with Gasteiger partial charge >= 0.3 is 6.09 Å². The largest absolute Gasteiger partial charge is 0.420 e. The maximum absolute atomic E-state index is 12.7. The molecule has 1 aromatic carbocycles. The van der Waals surface area contributed by atoms with Crippen molar-refractivity contribution in [2.45, 2.75) is 45.3 Å². The summed E-state index contributed by atoms with van der Waals surface area (Å²) in [5, 5.41) is 11.3. The second-order valence-corrected chi connectivity index (χ2v) is 8.76. The Morgan fingerprint density at radius 3 is 2.61 bits per heavy atom. The number of aliphatic hydroxyl groups is 1. The molecule has 0 aliphatic rings. The first-order chi connectivity index (χ1) is 13.2. The number of pyridine rings is 1. The summed E-state index contributed by atoms with van der Waals surface area (Å²) in [4.78, 5) is 16.7. The van der Waals surface area contributed by atoms with E-state index in [9.17, 15) is 9.90 Å². The number of carbonyl (C=O) groups excluding carboxylic acids is 1. The van der Waals surface area contributed by atoms with Gasteiger partial charge in [0, 0.05) is 49.6 Å². The number of hydrogen-bond donors (Lipinski definition) is 2. The van der Waals surface area contributed by atoms with Crippen molar-refractivity contribution >= 4 is 28.9 Å². The van der Waals surface area contributed by atoms with Crippen molar-refractivity contribution in [2.75, 3.05) is 0 Å². The van der Waals surface area contributed by atoms with E-state index in [1.165, 1.54) is 18.4 Å². The Kier molecular flexibility index (Phi) is 6.07. The summed E-state index contributed by atoms with van der Waals surface area (Å²) in [6.45, 7) is 7.70. The maximum atomic E-state index is 12.7. The van der Waals surface area contributed by atoms with E-state index in [-0.39, 0.29) is 0 Å². The molecule has 6 nitrogen and oxygen atoms in total. The minimum absolute atomic E-state index is 0.451. The number of ether oxygens (including phenoxy) is 1. The molecular formula is C21H25N3O3S. The van der Waals surface area contributed by atoms with Gasteiger partial charge in [-0.25, -0.2) is 4.79 Å². The van der Waals surface area contributed by atoms with Gasteiger partial charge in [0.25, 0.3) is 0 Å². The number of nitrogens with zero attached hydrogens (tertiary/aromatic N) is 2. The number of rotatable bonds is 6. The molecule has 2 heterocycles. The van der Waals surface area contributed by atoms with E-state index in [1.807, 2.05) is 30.3 Å². The van der Waals surface area contributed by atoms with E-state index < -0.39 is 11.9 Å². The van der Waals surface area contributed by atoms with Gasteiger partial charge in [0.2, 0.25) is 5.79 Å². The first-order valence-corrected chi connectivity index (χ1v) is 10.0. The number of benzene rings is 1. The topological polar surface area (TPSA) is 76.4 Å². The number of fused-ring (bicyclic) bond motifs is 1. The fraction of sp³-hybridized carbons (Fsp3) is 0.333. The molecule has 0 atom stereocenters. The average molecular weight is 400 g/mol. The van der Waals surface area contributed by atoms with Crippen LogP contribution in [-0.4, -0.2) is 31.8 Å². The van der Waals surface area contributed by atoms with Crippen LogP contribution in [0, 0.1) is 0 Å². The standard InChI is InChI=1S/C21H25N3O3S/c1-14(2)28-23-12-17-13-24(20(25)27-21(3,4)26)19-11-16(5-6-18(17)19)15-7-9-22-10-8-15/h5-11,13-14,23,26H,12H2,1-4H3. The molecule has 0 amide bonds. The van der Waals surface area contributed by atoms with Crippen molar-refractivity contribution in [2.24, 2.45) is 0 Å². The lowest BCUT2D eigenvalue weighted by molar-refractivity contribution is -0.130. The third-order valence-electron chi connectivity index (χ3n) is 4.02. The molecule has 0 aliphatic heterocycles.